The Morgan fingerprint density at radius 3 is 2.75 bits per heavy atom. The van der Waals surface area contributed by atoms with E-state index >= 15 is 0 Å². The lowest BCUT2D eigenvalue weighted by Gasteiger charge is -2.31. The number of rotatable bonds is 4. The molecule has 1 saturated heterocycles. The van der Waals surface area contributed by atoms with Gasteiger partial charge in [0.05, 0.1) is 6.54 Å². The lowest BCUT2D eigenvalue weighted by Crippen LogP contribution is -2.48. The van der Waals surface area contributed by atoms with Crippen molar-refractivity contribution < 1.29 is 19.2 Å². The van der Waals surface area contributed by atoms with Crippen LogP contribution in [0.15, 0.2) is 29.6 Å². The third-order valence-electron chi connectivity index (χ3n) is 8.04. The molecular weight excluding hydrogens is 478 g/mol. The Morgan fingerprint density at radius 1 is 1.14 bits per heavy atom. The quantitative estimate of drug-likeness (QED) is 0.553. The highest BCUT2D eigenvalue weighted by atomic mass is 32.1. The summed E-state index contributed by atoms with van der Waals surface area (Å²) in [7, 11) is 1.54. The first kappa shape index (κ1) is 23.0. The maximum atomic E-state index is 13.7. The highest BCUT2D eigenvalue weighted by Crippen LogP contribution is 2.43. The summed E-state index contributed by atoms with van der Waals surface area (Å²) in [5.41, 5.74) is 2.40. The molecule has 2 aliphatic heterocycles. The Morgan fingerprint density at radius 2 is 1.97 bits per heavy atom. The Kier molecular flexibility index (Phi) is 5.51. The van der Waals surface area contributed by atoms with Gasteiger partial charge in [0.1, 0.15) is 12.1 Å². The summed E-state index contributed by atoms with van der Waals surface area (Å²) in [6.07, 6.45) is 5.15. The Bertz CT molecular complexity index is 1270. The van der Waals surface area contributed by atoms with Gasteiger partial charge in [-0.3, -0.25) is 14.5 Å². The maximum absolute atomic E-state index is 13.7. The molecular formula is C26H29N5O4S. The molecule has 9 nitrogen and oxygen atoms in total. The summed E-state index contributed by atoms with van der Waals surface area (Å²) in [5, 5.41) is 10.2. The van der Waals surface area contributed by atoms with Crippen molar-refractivity contribution in [3.63, 3.8) is 0 Å². The molecule has 2 aliphatic carbocycles. The van der Waals surface area contributed by atoms with Gasteiger partial charge >= 0.3 is 12.1 Å². The van der Waals surface area contributed by atoms with Crippen LogP contribution in [0.1, 0.15) is 47.3 Å². The number of carbonyl (C=O) groups is 4. The van der Waals surface area contributed by atoms with Crippen LogP contribution in [0, 0.1) is 5.92 Å². The van der Waals surface area contributed by atoms with E-state index in [1.165, 1.54) is 17.5 Å². The molecule has 2 aromatic rings. The van der Waals surface area contributed by atoms with Gasteiger partial charge in [0.15, 0.2) is 0 Å². The molecule has 188 valence electrons. The van der Waals surface area contributed by atoms with Gasteiger partial charge in [-0.15, -0.1) is 11.3 Å². The number of hydrogen-bond donors (Lipinski definition) is 3. The number of hydrogen-bond acceptors (Lipinski definition) is 5. The van der Waals surface area contributed by atoms with Crippen molar-refractivity contribution in [1.82, 2.24) is 20.4 Å². The van der Waals surface area contributed by atoms with Crippen LogP contribution >= 0.6 is 11.3 Å². The standard InChI is InChI=1S/C26H29N5O4S/c1-27-24(34)28-18-5-6-19-17(12-18)8-10-26(19)23(33)31(25(35)29-26)14-22(32)30-13-21-16(9-11-36-21)4-7-20(30)15-2-3-15/h5-6,9,11-12,15,20H,2-4,7-8,10,13-14H2,1H3,(H,29,35)(H2,27,28,34)/t20-,26?/m0/s1. The van der Waals surface area contributed by atoms with E-state index in [0.29, 0.717) is 31.0 Å². The summed E-state index contributed by atoms with van der Waals surface area (Å²) < 4.78 is 0. The number of carbonyl (C=O) groups excluding carboxylic acids is 4. The number of nitrogens with one attached hydrogen (secondary N) is 3. The van der Waals surface area contributed by atoms with E-state index in [1.807, 2.05) is 11.0 Å². The lowest BCUT2D eigenvalue weighted by atomic mass is 9.91. The number of benzene rings is 1. The fourth-order valence-electron chi connectivity index (χ4n) is 6.00. The van der Waals surface area contributed by atoms with Gasteiger partial charge in [0, 0.05) is 23.7 Å². The van der Waals surface area contributed by atoms with Gasteiger partial charge in [-0.2, -0.15) is 0 Å². The van der Waals surface area contributed by atoms with Crippen LogP contribution in [0.4, 0.5) is 15.3 Å². The van der Waals surface area contributed by atoms with Gasteiger partial charge < -0.3 is 20.9 Å². The van der Waals surface area contributed by atoms with Gasteiger partial charge in [-0.05, 0) is 84.7 Å². The fraction of sp³-hybridized carbons (Fsp3) is 0.462. The Hall–Kier alpha value is -3.40. The van der Waals surface area contributed by atoms with Gasteiger partial charge in [-0.1, -0.05) is 6.07 Å². The summed E-state index contributed by atoms with van der Waals surface area (Å²) in [6.45, 7) is 0.299. The molecule has 3 heterocycles. The number of thiophene rings is 1. The number of imide groups is 1. The predicted octanol–water partition coefficient (Wildman–Crippen LogP) is 2.95. The summed E-state index contributed by atoms with van der Waals surface area (Å²) in [5.74, 6) is -0.0324. The first-order chi connectivity index (χ1) is 17.4. The summed E-state index contributed by atoms with van der Waals surface area (Å²) in [4.78, 5) is 56.2. The largest absolute Gasteiger partial charge is 0.341 e. The van der Waals surface area contributed by atoms with Crippen LogP contribution in [0.25, 0.3) is 0 Å². The SMILES string of the molecule is CNC(=O)Nc1ccc2c(c1)CCC21NC(=O)N(CC(=O)N2Cc3sccc3CC[C@H]2C2CC2)C1=O. The second-order valence-corrected chi connectivity index (χ2v) is 11.1. The zero-order valence-electron chi connectivity index (χ0n) is 20.1. The molecule has 1 saturated carbocycles. The van der Waals surface area contributed by atoms with E-state index in [4.69, 9.17) is 0 Å². The van der Waals surface area contributed by atoms with Gasteiger partial charge in [0.25, 0.3) is 5.91 Å². The minimum Gasteiger partial charge on any atom is -0.341 e. The van der Waals surface area contributed by atoms with Crippen LogP contribution in [0.2, 0.25) is 0 Å². The third kappa shape index (κ3) is 3.75. The number of aryl methyl sites for hydroxylation is 2. The predicted molar refractivity (Wildman–Crippen MR) is 134 cm³/mol. The molecule has 1 spiro atoms. The molecule has 1 aromatic heterocycles. The van der Waals surface area contributed by atoms with Crippen LogP contribution in [0.3, 0.4) is 0 Å². The van der Waals surface area contributed by atoms with Crippen molar-refractivity contribution in [2.24, 2.45) is 5.92 Å². The molecule has 1 unspecified atom stereocenters. The minimum absolute atomic E-state index is 0.158. The topological polar surface area (TPSA) is 111 Å². The smallest absolute Gasteiger partial charge is 0.325 e. The first-order valence-corrected chi connectivity index (χ1v) is 13.4. The molecule has 0 radical (unpaired) electrons. The van der Waals surface area contributed by atoms with Gasteiger partial charge in [-0.25, -0.2) is 9.59 Å². The van der Waals surface area contributed by atoms with E-state index in [9.17, 15) is 19.2 Å². The molecule has 0 bridgehead atoms. The molecule has 2 atom stereocenters. The highest BCUT2D eigenvalue weighted by Gasteiger charge is 2.56. The number of anilines is 1. The molecule has 6 rings (SSSR count). The van der Waals surface area contributed by atoms with Crippen molar-refractivity contribution >= 4 is 40.9 Å². The zero-order valence-corrected chi connectivity index (χ0v) is 21.0. The maximum Gasteiger partial charge on any atom is 0.325 e. The van der Waals surface area contributed by atoms with Crippen molar-refractivity contribution in [2.75, 3.05) is 18.9 Å². The molecule has 6 amide bonds. The van der Waals surface area contributed by atoms with E-state index in [-0.39, 0.29) is 30.4 Å². The normalized spacial score (nSPS) is 24.9. The van der Waals surface area contributed by atoms with E-state index < -0.39 is 11.6 Å². The summed E-state index contributed by atoms with van der Waals surface area (Å²) in [6, 6.07) is 6.80. The number of urea groups is 2. The van der Waals surface area contributed by atoms with Crippen molar-refractivity contribution in [1.29, 1.82) is 0 Å². The van der Waals surface area contributed by atoms with Crippen molar-refractivity contribution in [3.05, 3.63) is 51.2 Å². The van der Waals surface area contributed by atoms with Crippen LogP contribution in [-0.4, -0.2) is 53.3 Å². The monoisotopic (exact) mass is 507 g/mol. The first-order valence-electron chi connectivity index (χ1n) is 12.5. The zero-order chi connectivity index (χ0) is 25.0. The van der Waals surface area contributed by atoms with E-state index in [2.05, 4.69) is 27.4 Å². The van der Waals surface area contributed by atoms with Gasteiger partial charge in [0.2, 0.25) is 5.91 Å². The Balaban J connectivity index is 1.22. The Labute approximate surface area is 213 Å². The van der Waals surface area contributed by atoms with Crippen LogP contribution < -0.4 is 16.0 Å². The molecule has 2 fully saturated rings. The highest BCUT2D eigenvalue weighted by molar-refractivity contribution is 7.10. The average molecular weight is 508 g/mol. The molecule has 10 heteroatoms. The average Bonchev–Trinajstić information content (AvgIpc) is 3.50. The lowest BCUT2D eigenvalue weighted by molar-refractivity contribution is -0.141. The van der Waals surface area contributed by atoms with E-state index in [0.717, 1.165) is 41.7 Å². The summed E-state index contributed by atoms with van der Waals surface area (Å²) >= 11 is 1.67. The minimum atomic E-state index is -1.16. The fourth-order valence-corrected chi connectivity index (χ4v) is 6.93. The second kappa shape index (κ2) is 8.62. The second-order valence-electron chi connectivity index (χ2n) is 10.1. The molecule has 1 aromatic carbocycles. The van der Waals surface area contributed by atoms with Crippen LogP contribution in [-0.2, 0) is 34.5 Å². The molecule has 4 aliphatic rings. The number of nitrogens with zero attached hydrogens (tertiary/aromatic N) is 2. The molecule has 3 N–H and O–H groups in total. The van der Waals surface area contributed by atoms with Crippen molar-refractivity contribution in [3.8, 4) is 0 Å². The van der Waals surface area contributed by atoms with Crippen molar-refractivity contribution in [2.45, 2.75) is 56.7 Å². The van der Waals surface area contributed by atoms with E-state index in [1.54, 1.807) is 23.5 Å². The molecule has 36 heavy (non-hydrogen) atoms. The third-order valence-corrected chi connectivity index (χ3v) is 8.98. The van der Waals surface area contributed by atoms with Crippen LogP contribution in [0.5, 0.6) is 0 Å². The number of amides is 6. The number of fused-ring (bicyclic) bond motifs is 3.